The van der Waals surface area contributed by atoms with Gasteiger partial charge in [-0.2, -0.15) is 0 Å². The van der Waals surface area contributed by atoms with E-state index in [1.54, 1.807) is 16.7 Å². The molecule has 2 aliphatic rings. The Labute approximate surface area is 124 Å². The first-order valence-electron chi connectivity index (χ1n) is 7.32. The molecule has 2 aliphatic heterocycles. The Morgan fingerprint density at radius 1 is 1.65 bits per heavy atom. The van der Waals surface area contributed by atoms with Crippen LogP contribution < -0.4 is 5.32 Å². The zero-order valence-electron chi connectivity index (χ0n) is 12.2. The van der Waals surface area contributed by atoms with E-state index in [4.69, 9.17) is 5.11 Å². The van der Waals surface area contributed by atoms with E-state index in [-0.39, 0.29) is 35.3 Å². The molecule has 0 aromatic rings. The Balaban J connectivity index is 1.80. The third-order valence-electron chi connectivity index (χ3n) is 4.23. The van der Waals surface area contributed by atoms with Gasteiger partial charge >= 0.3 is 0 Å². The van der Waals surface area contributed by atoms with Crippen molar-refractivity contribution in [3.05, 3.63) is 0 Å². The van der Waals surface area contributed by atoms with Crippen molar-refractivity contribution in [2.45, 2.75) is 50.4 Å². The number of rotatable bonds is 6. The van der Waals surface area contributed by atoms with Crippen molar-refractivity contribution in [3.63, 3.8) is 0 Å². The number of fused-ring (bicyclic) bond motifs is 1. The summed E-state index contributed by atoms with van der Waals surface area (Å²) in [7, 11) is 0. The molecule has 0 bridgehead atoms. The molecule has 20 heavy (non-hydrogen) atoms. The maximum absolute atomic E-state index is 12.2. The van der Waals surface area contributed by atoms with Crippen molar-refractivity contribution in [1.29, 1.82) is 0 Å². The molecule has 2 heterocycles. The molecule has 0 spiro atoms. The van der Waals surface area contributed by atoms with Crippen LogP contribution in [0, 0.1) is 5.92 Å². The second-order valence-electron chi connectivity index (χ2n) is 5.99. The lowest BCUT2D eigenvalue weighted by molar-refractivity contribution is -0.137. The van der Waals surface area contributed by atoms with Crippen LogP contribution in [0.4, 0.5) is 0 Å². The Hall–Kier alpha value is -0.750. The second-order valence-corrected chi connectivity index (χ2v) is 7.49. The van der Waals surface area contributed by atoms with Crippen LogP contribution >= 0.6 is 11.8 Å². The first-order valence-corrected chi connectivity index (χ1v) is 8.31. The molecule has 0 radical (unpaired) electrons. The third-order valence-corrected chi connectivity index (χ3v) is 5.74. The van der Waals surface area contributed by atoms with E-state index in [9.17, 15) is 9.59 Å². The first kappa shape index (κ1) is 15.6. The minimum atomic E-state index is -0.310. The minimum absolute atomic E-state index is 0.0341. The number of carbonyl (C=O) groups is 2. The number of hydrogen-bond donors (Lipinski definition) is 2. The summed E-state index contributed by atoms with van der Waals surface area (Å²) in [5.41, 5.74) is 0. The molecule has 2 rings (SSSR count). The number of nitrogens with zero attached hydrogens (tertiary/aromatic N) is 1. The van der Waals surface area contributed by atoms with E-state index in [0.717, 1.165) is 19.3 Å². The highest BCUT2D eigenvalue weighted by molar-refractivity contribution is 8.01. The van der Waals surface area contributed by atoms with Gasteiger partial charge in [0.15, 0.2) is 0 Å². The van der Waals surface area contributed by atoms with Crippen LogP contribution in [0.5, 0.6) is 0 Å². The molecule has 0 aliphatic carbocycles. The van der Waals surface area contributed by atoms with Crippen molar-refractivity contribution < 1.29 is 14.7 Å². The summed E-state index contributed by atoms with van der Waals surface area (Å²) in [5.74, 6) is 1.04. The highest BCUT2D eigenvalue weighted by atomic mass is 32.2. The first-order chi connectivity index (χ1) is 9.48. The highest BCUT2D eigenvalue weighted by Crippen LogP contribution is 2.47. The zero-order chi connectivity index (χ0) is 14.8. The molecule has 3 atom stereocenters. The SMILES string of the molecule is CC(CO)CCCNC(=O)C1CSC2(C)CCC(=O)N12. The second kappa shape index (κ2) is 6.35. The third kappa shape index (κ3) is 3.11. The maximum atomic E-state index is 12.2. The maximum Gasteiger partial charge on any atom is 0.243 e. The van der Waals surface area contributed by atoms with Crippen LogP contribution in [0.25, 0.3) is 0 Å². The molecule has 114 valence electrons. The largest absolute Gasteiger partial charge is 0.396 e. The van der Waals surface area contributed by atoms with E-state index >= 15 is 0 Å². The van der Waals surface area contributed by atoms with Gasteiger partial charge in [0, 0.05) is 25.3 Å². The normalized spacial score (nSPS) is 30.4. The Morgan fingerprint density at radius 3 is 3.10 bits per heavy atom. The van der Waals surface area contributed by atoms with E-state index in [0.29, 0.717) is 18.7 Å². The van der Waals surface area contributed by atoms with E-state index in [2.05, 4.69) is 12.2 Å². The predicted octanol–water partition coefficient (Wildman–Crippen LogP) is 0.965. The van der Waals surface area contributed by atoms with Gasteiger partial charge in [-0.15, -0.1) is 11.8 Å². The zero-order valence-corrected chi connectivity index (χ0v) is 13.0. The topological polar surface area (TPSA) is 69.6 Å². The van der Waals surface area contributed by atoms with Gasteiger partial charge < -0.3 is 15.3 Å². The summed E-state index contributed by atoms with van der Waals surface area (Å²) in [6.45, 7) is 4.85. The molecule has 0 aromatic carbocycles. The van der Waals surface area contributed by atoms with Gasteiger partial charge in [0.25, 0.3) is 0 Å². The lowest BCUT2D eigenvalue weighted by Gasteiger charge is -2.29. The molecule has 2 fully saturated rings. The van der Waals surface area contributed by atoms with Crippen molar-refractivity contribution in [3.8, 4) is 0 Å². The molecule has 2 N–H and O–H groups in total. The summed E-state index contributed by atoms with van der Waals surface area (Å²) in [6.07, 6.45) is 3.16. The minimum Gasteiger partial charge on any atom is -0.396 e. The molecule has 0 aromatic heterocycles. The number of carbonyl (C=O) groups excluding carboxylic acids is 2. The number of nitrogens with one attached hydrogen (secondary N) is 1. The van der Waals surface area contributed by atoms with Crippen LogP contribution in [0.2, 0.25) is 0 Å². The van der Waals surface area contributed by atoms with Gasteiger partial charge in [0.05, 0.1) is 4.87 Å². The molecule has 2 amide bonds. The van der Waals surface area contributed by atoms with Gasteiger partial charge in [-0.25, -0.2) is 0 Å². The van der Waals surface area contributed by atoms with Crippen LogP contribution in [-0.4, -0.2) is 51.6 Å². The van der Waals surface area contributed by atoms with Crippen LogP contribution in [0.3, 0.4) is 0 Å². The number of amides is 2. The van der Waals surface area contributed by atoms with Gasteiger partial charge in [0.2, 0.25) is 11.8 Å². The van der Waals surface area contributed by atoms with Gasteiger partial charge in [-0.1, -0.05) is 6.92 Å². The lowest BCUT2D eigenvalue weighted by Crippen LogP contribution is -2.50. The fourth-order valence-corrected chi connectivity index (χ4v) is 4.32. The van der Waals surface area contributed by atoms with Crippen molar-refractivity contribution in [2.75, 3.05) is 18.9 Å². The molecule has 5 nitrogen and oxygen atoms in total. The van der Waals surface area contributed by atoms with Crippen LogP contribution in [0.15, 0.2) is 0 Å². The van der Waals surface area contributed by atoms with Crippen LogP contribution in [0.1, 0.15) is 39.5 Å². The summed E-state index contributed by atoms with van der Waals surface area (Å²) in [6, 6.07) is -0.310. The summed E-state index contributed by atoms with van der Waals surface area (Å²) in [5, 5.41) is 11.9. The van der Waals surface area contributed by atoms with E-state index < -0.39 is 0 Å². The molecule has 2 saturated heterocycles. The lowest BCUT2D eigenvalue weighted by atomic mass is 10.1. The van der Waals surface area contributed by atoms with Gasteiger partial charge in [0.1, 0.15) is 6.04 Å². The highest BCUT2D eigenvalue weighted by Gasteiger charge is 2.52. The predicted molar refractivity (Wildman–Crippen MR) is 79.2 cm³/mol. The molecule has 3 unspecified atom stereocenters. The summed E-state index contributed by atoms with van der Waals surface area (Å²) in [4.78, 5) is 25.8. The summed E-state index contributed by atoms with van der Waals surface area (Å²) >= 11 is 1.71. The van der Waals surface area contributed by atoms with Crippen molar-refractivity contribution in [2.24, 2.45) is 5.92 Å². The monoisotopic (exact) mass is 300 g/mol. The average Bonchev–Trinajstić information content (AvgIpc) is 2.91. The number of aliphatic hydroxyl groups excluding tert-OH is 1. The quantitative estimate of drug-likeness (QED) is 0.717. The number of hydrogen-bond acceptors (Lipinski definition) is 4. The van der Waals surface area contributed by atoms with E-state index in [1.165, 1.54) is 0 Å². The Kier molecular flexibility index (Phi) is 4.96. The van der Waals surface area contributed by atoms with Crippen LogP contribution in [-0.2, 0) is 9.59 Å². The molecular weight excluding hydrogens is 276 g/mol. The number of thioether (sulfide) groups is 1. The smallest absolute Gasteiger partial charge is 0.243 e. The molecular formula is C14H24N2O3S. The van der Waals surface area contributed by atoms with Crippen molar-refractivity contribution in [1.82, 2.24) is 10.2 Å². The standard InChI is InChI=1S/C14H24N2O3S/c1-10(8-17)4-3-7-15-13(19)11-9-20-14(2)6-5-12(18)16(11)14/h10-11,17H,3-9H2,1-2H3,(H,15,19). The average molecular weight is 300 g/mol. The summed E-state index contributed by atoms with van der Waals surface area (Å²) < 4.78 is 0. The van der Waals surface area contributed by atoms with Gasteiger partial charge in [-0.05, 0) is 32.1 Å². The molecule has 6 heteroatoms. The van der Waals surface area contributed by atoms with Crippen molar-refractivity contribution >= 4 is 23.6 Å². The van der Waals surface area contributed by atoms with Gasteiger partial charge in [-0.3, -0.25) is 9.59 Å². The number of aliphatic hydroxyl groups is 1. The molecule has 0 saturated carbocycles. The van der Waals surface area contributed by atoms with E-state index in [1.807, 2.05) is 6.92 Å². The fraction of sp³-hybridized carbons (Fsp3) is 0.857. The Morgan fingerprint density at radius 2 is 2.40 bits per heavy atom. The Bertz CT molecular complexity index is 391. The fourth-order valence-electron chi connectivity index (χ4n) is 2.89.